The van der Waals surface area contributed by atoms with Gasteiger partial charge in [-0.3, -0.25) is 14.2 Å². The van der Waals surface area contributed by atoms with E-state index in [9.17, 15) is 9.59 Å². The van der Waals surface area contributed by atoms with Crippen molar-refractivity contribution >= 4 is 28.7 Å². The summed E-state index contributed by atoms with van der Waals surface area (Å²) in [6.45, 7) is 6.19. The summed E-state index contributed by atoms with van der Waals surface area (Å²) in [5, 5.41) is 3.52. The Morgan fingerprint density at radius 3 is 2.89 bits per heavy atom. The second-order valence-corrected chi connectivity index (χ2v) is 7.45. The lowest BCUT2D eigenvalue weighted by Gasteiger charge is -2.15. The number of hydrogen-bond donors (Lipinski definition) is 2. The molecule has 28 heavy (non-hydrogen) atoms. The molecule has 1 amide bonds. The fourth-order valence-electron chi connectivity index (χ4n) is 3.01. The van der Waals surface area contributed by atoms with Crippen molar-refractivity contribution in [2.75, 3.05) is 12.9 Å². The van der Waals surface area contributed by atoms with Crippen LogP contribution < -0.4 is 15.6 Å². The first-order valence-electron chi connectivity index (χ1n) is 9.09. The van der Waals surface area contributed by atoms with E-state index in [1.54, 1.807) is 11.7 Å². The predicted molar refractivity (Wildman–Crippen MR) is 111 cm³/mol. The van der Waals surface area contributed by atoms with Gasteiger partial charge in [0.2, 0.25) is 5.91 Å². The van der Waals surface area contributed by atoms with Crippen LogP contribution in [-0.2, 0) is 11.3 Å². The molecule has 2 aromatic heterocycles. The fourth-order valence-corrected chi connectivity index (χ4v) is 3.88. The van der Waals surface area contributed by atoms with E-state index in [0.29, 0.717) is 22.7 Å². The molecule has 0 aliphatic heterocycles. The van der Waals surface area contributed by atoms with Gasteiger partial charge >= 0.3 is 0 Å². The second kappa shape index (κ2) is 8.52. The van der Waals surface area contributed by atoms with Gasteiger partial charge in [-0.05, 0) is 44.5 Å². The molecule has 1 unspecified atom stereocenters. The van der Waals surface area contributed by atoms with Crippen molar-refractivity contribution in [3.05, 3.63) is 51.9 Å². The van der Waals surface area contributed by atoms with Crippen LogP contribution in [-0.4, -0.2) is 33.3 Å². The first-order chi connectivity index (χ1) is 13.4. The number of ether oxygens (including phenoxy) is 1. The van der Waals surface area contributed by atoms with Gasteiger partial charge in [-0.1, -0.05) is 23.9 Å². The molecule has 0 saturated carbocycles. The Labute approximate surface area is 167 Å². The fraction of sp³-hybridized carbons (Fsp3) is 0.350. The number of benzene rings is 1. The molecule has 3 rings (SSSR count). The molecule has 0 aliphatic rings. The molecule has 1 aromatic carbocycles. The summed E-state index contributed by atoms with van der Waals surface area (Å²) in [7, 11) is 1.61. The number of rotatable bonds is 7. The van der Waals surface area contributed by atoms with Gasteiger partial charge in [-0.25, -0.2) is 4.98 Å². The average molecular weight is 401 g/mol. The third-order valence-corrected chi connectivity index (χ3v) is 5.43. The molecule has 0 aliphatic carbocycles. The van der Waals surface area contributed by atoms with Crippen molar-refractivity contribution in [3.63, 3.8) is 0 Å². The highest BCUT2D eigenvalue weighted by Crippen LogP contribution is 2.21. The molecule has 7 nitrogen and oxygen atoms in total. The second-order valence-electron chi connectivity index (χ2n) is 6.51. The number of nitrogens with zero attached hydrogens (tertiary/aromatic N) is 2. The SMILES string of the molecule is CCn1c(SCC(=O)NC(C)c2cccc(OC)c2)nc2cc(C)[nH]c2c1=O. The number of H-pyrrole nitrogens is 1. The van der Waals surface area contributed by atoms with Crippen LogP contribution in [0.15, 0.2) is 40.3 Å². The summed E-state index contributed by atoms with van der Waals surface area (Å²) in [6.07, 6.45) is 0. The third-order valence-electron chi connectivity index (χ3n) is 4.46. The number of nitrogens with one attached hydrogen (secondary N) is 2. The van der Waals surface area contributed by atoms with Crippen LogP contribution in [0.5, 0.6) is 5.75 Å². The van der Waals surface area contributed by atoms with Crippen LogP contribution in [0.1, 0.15) is 31.1 Å². The molecule has 1 atom stereocenters. The van der Waals surface area contributed by atoms with E-state index in [1.165, 1.54) is 11.8 Å². The van der Waals surface area contributed by atoms with Crippen LogP contribution in [0.3, 0.4) is 0 Å². The zero-order valence-electron chi connectivity index (χ0n) is 16.4. The van der Waals surface area contributed by atoms with Crippen molar-refractivity contribution in [1.82, 2.24) is 19.9 Å². The number of aryl methyl sites for hydroxylation is 1. The largest absolute Gasteiger partial charge is 0.497 e. The summed E-state index contributed by atoms with van der Waals surface area (Å²) in [6, 6.07) is 9.28. The number of aromatic amines is 1. The number of aromatic nitrogens is 3. The maximum Gasteiger partial charge on any atom is 0.278 e. The van der Waals surface area contributed by atoms with E-state index in [4.69, 9.17) is 4.74 Å². The minimum Gasteiger partial charge on any atom is -0.497 e. The zero-order chi connectivity index (χ0) is 20.3. The topological polar surface area (TPSA) is 89.0 Å². The quantitative estimate of drug-likeness (QED) is 0.470. The molecule has 2 N–H and O–H groups in total. The maximum atomic E-state index is 12.6. The number of carbonyl (C=O) groups is 1. The van der Waals surface area contributed by atoms with Crippen LogP contribution >= 0.6 is 11.8 Å². The molecule has 148 valence electrons. The summed E-state index contributed by atoms with van der Waals surface area (Å²) in [5.41, 5.74) is 2.85. The highest BCUT2D eigenvalue weighted by molar-refractivity contribution is 7.99. The standard InChI is InChI=1S/C20H24N4O3S/c1-5-24-19(26)18-16(9-12(2)21-18)23-20(24)28-11-17(25)22-13(3)14-7-6-8-15(10-14)27-4/h6-10,13,21H,5,11H2,1-4H3,(H,22,25). The molecule has 2 heterocycles. The number of hydrogen-bond acceptors (Lipinski definition) is 5. The lowest BCUT2D eigenvalue weighted by atomic mass is 10.1. The lowest BCUT2D eigenvalue weighted by Crippen LogP contribution is -2.29. The molecule has 0 fully saturated rings. The van der Waals surface area contributed by atoms with Gasteiger partial charge in [0.15, 0.2) is 5.16 Å². The van der Waals surface area contributed by atoms with Gasteiger partial charge in [0.25, 0.3) is 5.56 Å². The van der Waals surface area contributed by atoms with Crippen LogP contribution in [0, 0.1) is 6.92 Å². The van der Waals surface area contributed by atoms with Gasteiger partial charge in [0.05, 0.1) is 24.4 Å². The van der Waals surface area contributed by atoms with E-state index in [2.05, 4.69) is 15.3 Å². The average Bonchev–Trinajstić information content (AvgIpc) is 3.07. The van der Waals surface area contributed by atoms with Crippen molar-refractivity contribution in [1.29, 1.82) is 0 Å². The Hall–Kier alpha value is -2.74. The van der Waals surface area contributed by atoms with Crippen LogP contribution in [0.2, 0.25) is 0 Å². The minimum absolute atomic E-state index is 0.117. The van der Waals surface area contributed by atoms with E-state index in [0.717, 1.165) is 17.0 Å². The van der Waals surface area contributed by atoms with E-state index < -0.39 is 0 Å². The maximum absolute atomic E-state index is 12.6. The zero-order valence-corrected chi connectivity index (χ0v) is 17.2. The molecule has 0 spiro atoms. The predicted octanol–water partition coefficient (Wildman–Crippen LogP) is 3.03. The highest BCUT2D eigenvalue weighted by Gasteiger charge is 2.15. The number of thioether (sulfide) groups is 1. The highest BCUT2D eigenvalue weighted by atomic mass is 32.2. The number of carbonyl (C=O) groups excluding carboxylic acids is 1. The molecular weight excluding hydrogens is 376 g/mol. The molecular formula is C20H24N4O3S. The van der Waals surface area contributed by atoms with Crippen LogP contribution in [0.25, 0.3) is 11.0 Å². The number of methoxy groups -OCH3 is 1. The van der Waals surface area contributed by atoms with Gasteiger partial charge < -0.3 is 15.0 Å². The number of fused-ring (bicyclic) bond motifs is 1. The van der Waals surface area contributed by atoms with Crippen molar-refractivity contribution in [3.8, 4) is 5.75 Å². The molecule has 0 bridgehead atoms. The van der Waals surface area contributed by atoms with Crippen molar-refractivity contribution < 1.29 is 9.53 Å². The first-order valence-corrected chi connectivity index (χ1v) is 10.1. The van der Waals surface area contributed by atoms with Gasteiger partial charge in [0, 0.05) is 12.2 Å². The van der Waals surface area contributed by atoms with E-state index in [-0.39, 0.29) is 23.3 Å². The Bertz CT molecular complexity index is 1060. The Morgan fingerprint density at radius 1 is 1.39 bits per heavy atom. The summed E-state index contributed by atoms with van der Waals surface area (Å²) in [5.74, 6) is 0.803. The van der Waals surface area contributed by atoms with Gasteiger partial charge in [0.1, 0.15) is 11.3 Å². The van der Waals surface area contributed by atoms with Gasteiger partial charge in [-0.15, -0.1) is 0 Å². The van der Waals surface area contributed by atoms with E-state index in [1.807, 2.05) is 51.1 Å². The minimum atomic E-state index is -0.153. The summed E-state index contributed by atoms with van der Waals surface area (Å²) in [4.78, 5) is 32.7. The normalized spacial score (nSPS) is 12.1. The Balaban J connectivity index is 1.71. The number of amides is 1. The molecule has 3 aromatic rings. The third kappa shape index (κ3) is 4.22. The van der Waals surface area contributed by atoms with E-state index >= 15 is 0 Å². The molecule has 0 radical (unpaired) electrons. The lowest BCUT2D eigenvalue weighted by molar-refractivity contribution is -0.119. The summed E-state index contributed by atoms with van der Waals surface area (Å²) >= 11 is 1.26. The van der Waals surface area contributed by atoms with Gasteiger partial charge in [-0.2, -0.15) is 0 Å². The smallest absolute Gasteiger partial charge is 0.278 e. The van der Waals surface area contributed by atoms with Crippen molar-refractivity contribution in [2.45, 2.75) is 38.5 Å². The first kappa shape index (κ1) is 20.0. The Morgan fingerprint density at radius 2 is 2.18 bits per heavy atom. The summed E-state index contributed by atoms with van der Waals surface area (Å²) < 4.78 is 6.81. The van der Waals surface area contributed by atoms with Crippen LogP contribution in [0.4, 0.5) is 0 Å². The molecule has 0 saturated heterocycles. The Kier molecular flexibility index (Phi) is 6.08. The molecule has 8 heteroatoms. The monoisotopic (exact) mass is 400 g/mol. The van der Waals surface area contributed by atoms with Crippen molar-refractivity contribution in [2.24, 2.45) is 0 Å².